The highest BCUT2D eigenvalue weighted by molar-refractivity contribution is 5.90. The van der Waals surface area contributed by atoms with Gasteiger partial charge in [-0.2, -0.15) is 0 Å². The predicted molar refractivity (Wildman–Crippen MR) is 117 cm³/mol. The Morgan fingerprint density at radius 3 is 2.50 bits per heavy atom. The number of piperidine rings is 1. The third kappa shape index (κ3) is 3.75. The zero-order valence-electron chi connectivity index (χ0n) is 17.4. The van der Waals surface area contributed by atoms with Gasteiger partial charge in [-0.05, 0) is 56.3 Å². The van der Waals surface area contributed by atoms with Gasteiger partial charge in [-0.15, -0.1) is 0 Å². The molecule has 2 aliphatic rings. The number of hydrogen-bond donors (Lipinski definition) is 1. The zero-order chi connectivity index (χ0) is 20.6. The van der Waals surface area contributed by atoms with E-state index >= 15 is 0 Å². The third-order valence-electron chi connectivity index (χ3n) is 6.58. The third-order valence-corrected chi connectivity index (χ3v) is 6.58. The van der Waals surface area contributed by atoms with Crippen molar-refractivity contribution in [1.29, 1.82) is 0 Å². The second-order valence-corrected chi connectivity index (χ2v) is 8.82. The summed E-state index contributed by atoms with van der Waals surface area (Å²) in [6, 6.07) is 5.91. The van der Waals surface area contributed by atoms with Gasteiger partial charge in [0.2, 0.25) is 0 Å². The number of hydrogen-bond acceptors (Lipinski definition) is 7. The van der Waals surface area contributed by atoms with Gasteiger partial charge in [-0.25, -0.2) is 9.97 Å². The first-order valence-corrected chi connectivity index (χ1v) is 10.8. The summed E-state index contributed by atoms with van der Waals surface area (Å²) in [5, 5.41) is 10.8. The zero-order valence-corrected chi connectivity index (χ0v) is 17.4. The van der Waals surface area contributed by atoms with E-state index in [0.29, 0.717) is 5.41 Å². The van der Waals surface area contributed by atoms with E-state index in [-0.39, 0.29) is 6.10 Å². The second kappa shape index (κ2) is 7.89. The van der Waals surface area contributed by atoms with E-state index in [0.717, 1.165) is 73.7 Å². The molecule has 3 aromatic heterocycles. The van der Waals surface area contributed by atoms with Crippen molar-refractivity contribution >= 4 is 16.7 Å². The molecular weight excluding hydrogens is 376 g/mol. The molecule has 1 N–H and O–H groups in total. The predicted octanol–water partition coefficient (Wildman–Crippen LogP) is 2.76. The van der Waals surface area contributed by atoms with E-state index in [9.17, 15) is 5.11 Å². The van der Waals surface area contributed by atoms with Crippen molar-refractivity contribution in [2.24, 2.45) is 5.41 Å². The lowest BCUT2D eigenvalue weighted by Crippen LogP contribution is -2.42. The summed E-state index contributed by atoms with van der Waals surface area (Å²) >= 11 is 0. The molecule has 0 radical (unpaired) electrons. The summed E-state index contributed by atoms with van der Waals surface area (Å²) in [7, 11) is 0. The molecule has 2 aliphatic heterocycles. The van der Waals surface area contributed by atoms with E-state index in [1.165, 1.54) is 6.42 Å². The summed E-state index contributed by atoms with van der Waals surface area (Å²) in [5.41, 5.74) is 2.22. The van der Waals surface area contributed by atoms with Crippen molar-refractivity contribution in [2.45, 2.75) is 32.3 Å². The Labute approximate surface area is 176 Å². The van der Waals surface area contributed by atoms with Gasteiger partial charge in [0, 0.05) is 55.7 Å². The Hall–Kier alpha value is -2.64. The maximum atomic E-state index is 9.74. The van der Waals surface area contributed by atoms with E-state index in [2.05, 4.69) is 19.8 Å². The van der Waals surface area contributed by atoms with Gasteiger partial charge in [0.05, 0.1) is 17.8 Å². The highest BCUT2D eigenvalue weighted by atomic mass is 16.3. The molecule has 156 valence electrons. The fourth-order valence-electron chi connectivity index (χ4n) is 4.99. The molecule has 30 heavy (non-hydrogen) atoms. The van der Waals surface area contributed by atoms with Crippen LogP contribution in [0.25, 0.3) is 22.3 Å². The average Bonchev–Trinajstić information content (AvgIpc) is 3.15. The average molecular weight is 405 g/mol. The van der Waals surface area contributed by atoms with Crippen LogP contribution in [0.4, 0.5) is 5.82 Å². The lowest BCUT2D eigenvalue weighted by Gasteiger charge is -2.40. The topological polar surface area (TPSA) is 78.3 Å². The number of anilines is 1. The minimum Gasteiger partial charge on any atom is -0.392 e. The number of rotatable bonds is 4. The molecule has 2 fully saturated rings. The Morgan fingerprint density at radius 2 is 1.73 bits per heavy atom. The van der Waals surface area contributed by atoms with Crippen molar-refractivity contribution in [2.75, 3.05) is 37.6 Å². The lowest BCUT2D eigenvalue weighted by atomic mass is 9.77. The van der Waals surface area contributed by atoms with Crippen molar-refractivity contribution in [3.05, 3.63) is 43.0 Å². The Morgan fingerprint density at radius 1 is 1.00 bits per heavy atom. The van der Waals surface area contributed by atoms with Gasteiger partial charge < -0.3 is 14.9 Å². The molecule has 2 saturated heterocycles. The number of likely N-dealkylation sites (tertiary alicyclic amines) is 1. The minimum atomic E-state index is -0.257. The number of pyridine rings is 2. The SMILES string of the molecule is CC(O)CN1CCC2(CCN(c3nc(-c4ccncc4)nc4cnccc34)CC2)C1. The molecule has 5 rings (SSSR count). The number of aliphatic hydroxyl groups is 1. The van der Waals surface area contributed by atoms with Gasteiger partial charge in [0.15, 0.2) is 5.82 Å². The molecule has 0 amide bonds. The summed E-state index contributed by atoms with van der Waals surface area (Å²) in [5.74, 6) is 1.72. The van der Waals surface area contributed by atoms with Crippen LogP contribution in [0.15, 0.2) is 43.0 Å². The Kier molecular flexibility index (Phi) is 5.08. The molecule has 7 heteroatoms. The van der Waals surface area contributed by atoms with Crippen LogP contribution in [0.3, 0.4) is 0 Å². The van der Waals surface area contributed by atoms with Gasteiger partial charge in [0.1, 0.15) is 5.82 Å². The molecule has 1 atom stereocenters. The van der Waals surface area contributed by atoms with Gasteiger partial charge in [0.25, 0.3) is 0 Å². The molecule has 0 saturated carbocycles. The van der Waals surface area contributed by atoms with Crippen LogP contribution < -0.4 is 4.90 Å². The smallest absolute Gasteiger partial charge is 0.162 e. The molecule has 5 heterocycles. The number of aliphatic hydroxyl groups excluding tert-OH is 1. The lowest BCUT2D eigenvalue weighted by molar-refractivity contribution is 0.127. The van der Waals surface area contributed by atoms with E-state index < -0.39 is 0 Å². The normalized spacial score (nSPS) is 20.1. The van der Waals surface area contributed by atoms with Crippen LogP contribution in [0, 0.1) is 5.41 Å². The molecule has 0 aliphatic carbocycles. The molecule has 1 spiro atoms. The van der Waals surface area contributed by atoms with Crippen LogP contribution in [-0.2, 0) is 0 Å². The molecular formula is C23H28N6O. The quantitative estimate of drug-likeness (QED) is 0.716. The summed E-state index contributed by atoms with van der Waals surface area (Å²) in [6.45, 7) is 6.84. The summed E-state index contributed by atoms with van der Waals surface area (Å²) in [6.07, 6.45) is 10.5. The van der Waals surface area contributed by atoms with Crippen LogP contribution in [0.5, 0.6) is 0 Å². The fourth-order valence-corrected chi connectivity index (χ4v) is 4.99. The van der Waals surface area contributed by atoms with Gasteiger partial charge in [-0.1, -0.05) is 0 Å². The van der Waals surface area contributed by atoms with Crippen LogP contribution in [0.2, 0.25) is 0 Å². The number of nitrogens with zero attached hydrogens (tertiary/aromatic N) is 6. The Balaban J connectivity index is 1.41. The highest BCUT2D eigenvalue weighted by Crippen LogP contribution is 2.42. The first-order valence-electron chi connectivity index (χ1n) is 10.8. The fraction of sp³-hybridized carbons (Fsp3) is 0.478. The van der Waals surface area contributed by atoms with Crippen LogP contribution in [-0.4, -0.2) is 68.8 Å². The van der Waals surface area contributed by atoms with Crippen molar-refractivity contribution in [3.63, 3.8) is 0 Å². The number of β-amino-alcohol motifs (C(OH)–C–C–N with tert-alkyl or cyclic N) is 1. The maximum Gasteiger partial charge on any atom is 0.162 e. The second-order valence-electron chi connectivity index (χ2n) is 8.82. The highest BCUT2D eigenvalue weighted by Gasteiger charge is 2.41. The molecule has 0 bridgehead atoms. The molecule has 7 nitrogen and oxygen atoms in total. The van der Waals surface area contributed by atoms with Gasteiger partial charge in [-0.3, -0.25) is 9.97 Å². The van der Waals surface area contributed by atoms with E-state index in [1.807, 2.05) is 37.5 Å². The van der Waals surface area contributed by atoms with Crippen LogP contribution >= 0.6 is 0 Å². The molecule has 1 unspecified atom stereocenters. The van der Waals surface area contributed by atoms with Crippen molar-refractivity contribution < 1.29 is 5.11 Å². The molecule has 0 aromatic carbocycles. The monoisotopic (exact) mass is 404 g/mol. The number of fused-ring (bicyclic) bond motifs is 1. The molecule has 3 aromatic rings. The van der Waals surface area contributed by atoms with E-state index in [1.54, 1.807) is 12.4 Å². The van der Waals surface area contributed by atoms with Crippen molar-refractivity contribution in [1.82, 2.24) is 24.8 Å². The summed E-state index contributed by atoms with van der Waals surface area (Å²) in [4.78, 5) is 23.0. The standard InChI is InChI=1S/C23H28N6O/c1-17(30)15-28-11-5-23(16-28)6-12-29(13-7-23)22-19-4-10-25-14-20(19)26-21(27-22)18-2-8-24-9-3-18/h2-4,8-10,14,17,30H,5-7,11-13,15-16H2,1H3. The van der Waals surface area contributed by atoms with E-state index in [4.69, 9.17) is 9.97 Å². The van der Waals surface area contributed by atoms with Gasteiger partial charge >= 0.3 is 0 Å². The first-order chi connectivity index (χ1) is 14.6. The Bertz CT molecular complexity index is 1020. The van der Waals surface area contributed by atoms with Crippen LogP contribution in [0.1, 0.15) is 26.2 Å². The first kappa shape index (κ1) is 19.3. The number of aromatic nitrogens is 4. The largest absolute Gasteiger partial charge is 0.392 e. The maximum absolute atomic E-state index is 9.74. The summed E-state index contributed by atoms with van der Waals surface area (Å²) < 4.78 is 0. The minimum absolute atomic E-state index is 0.257. The van der Waals surface area contributed by atoms with Crippen molar-refractivity contribution in [3.8, 4) is 11.4 Å².